The van der Waals surface area contributed by atoms with Gasteiger partial charge in [0, 0.05) is 53.7 Å². The lowest BCUT2D eigenvalue weighted by molar-refractivity contribution is 0.317. The fourth-order valence-electron chi connectivity index (χ4n) is 3.10. The Morgan fingerprint density at radius 1 is 1.04 bits per heavy atom. The Kier molecular flexibility index (Phi) is 5.30. The smallest absolute Gasteiger partial charge is 0.131 e. The summed E-state index contributed by atoms with van der Waals surface area (Å²) in [6, 6.07) is 13.1. The van der Waals surface area contributed by atoms with Gasteiger partial charge in [0.25, 0.3) is 0 Å². The molecule has 0 fully saturated rings. The van der Waals surface area contributed by atoms with Gasteiger partial charge in [-0.1, -0.05) is 6.07 Å². The van der Waals surface area contributed by atoms with E-state index < -0.39 is 11.6 Å². The van der Waals surface area contributed by atoms with Crippen LogP contribution in [0, 0.1) is 11.6 Å². The molecule has 2 N–H and O–H groups in total. The number of aromatic nitrogens is 2. The summed E-state index contributed by atoms with van der Waals surface area (Å²) in [5.74, 6) is -0.110. The van der Waals surface area contributed by atoms with Gasteiger partial charge < -0.3 is 15.0 Å². The average Bonchev–Trinajstić information content (AvgIpc) is 3.19. The van der Waals surface area contributed by atoms with Crippen molar-refractivity contribution in [2.24, 2.45) is 0 Å². The molecule has 4 rings (SSSR count). The minimum absolute atomic E-state index is 0.206. The topological polar surface area (TPSA) is 49.9 Å². The highest BCUT2D eigenvalue weighted by Gasteiger charge is 2.08. The zero-order valence-electron chi connectivity index (χ0n) is 15.1. The molecule has 4 aromatic rings. The molecule has 2 heterocycles. The maximum Gasteiger partial charge on any atom is 0.131 e. The molecule has 0 saturated carbocycles. The molecular weight excluding hydrogens is 360 g/mol. The van der Waals surface area contributed by atoms with Crippen LogP contribution in [0.4, 0.5) is 8.78 Å². The summed E-state index contributed by atoms with van der Waals surface area (Å²) in [4.78, 5) is 7.30. The number of H-pyrrole nitrogens is 1. The van der Waals surface area contributed by atoms with E-state index in [9.17, 15) is 8.78 Å². The lowest BCUT2D eigenvalue weighted by atomic mass is 10.1. The van der Waals surface area contributed by atoms with E-state index in [4.69, 9.17) is 4.74 Å². The quantitative estimate of drug-likeness (QED) is 0.459. The maximum atomic E-state index is 14.0. The van der Waals surface area contributed by atoms with Gasteiger partial charge in [-0.3, -0.25) is 4.98 Å². The monoisotopic (exact) mass is 379 g/mol. The molecule has 142 valence electrons. The van der Waals surface area contributed by atoms with Gasteiger partial charge in [0.2, 0.25) is 0 Å². The summed E-state index contributed by atoms with van der Waals surface area (Å²) in [6.07, 6.45) is 5.12. The van der Waals surface area contributed by atoms with E-state index in [1.165, 1.54) is 12.3 Å². The Bertz CT molecular complexity index is 1090. The molecule has 0 unspecified atom stereocenters. The molecular formula is C22H19F2N3O. The van der Waals surface area contributed by atoms with Gasteiger partial charge in [0.15, 0.2) is 0 Å². The average molecular weight is 379 g/mol. The molecule has 0 atom stereocenters. The Labute approximate surface area is 161 Å². The van der Waals surface area contributed by atoms with Crippen molar-refractivity contribution in [1.29, 1.82) is 0 Å². The van der Waals surface area contributed by atoms with Crippen LogP contribution < -0.4 is 10.1 Å². The van der Waals surface area contributed by atoms with Crippen LogP contribution in [0.2, 0.25) is 0 Å². The zero-order chi connectivity index (χ0) is 19.3. The molecule has 0 aliphatic rings. The van der Waals surface area contributed by atoms with Gasteiger partial charge in [-0.15, -0.1) is 0 Å². The molecule has 0 bridgehead atoms. The maximum absolute atomic E-state index is 14.0. The highest BCUT2D eigenvalue weighted by atomic mass is 19.1. The molecule has 6 heteroatoms. The van der Waals surface area contributed by atoms with Gasteiger partial charge >= 0.3 is 0 Å². The van der Waals surface area contributed by atoms with Crippen molar-refractivity contribution < 1.29 is 13.5 Å². The first-order valence-corrected chi connectivity index (χ1v) is 9.00. The number of nitrogens with one attached hydrogen (secondary N) is 2. The van der Waals surface area contributed by atoms with Crippen molar-refractivity contribution in [2.75, 3.05) is 13.2 Å². The van der Waals surface area contributed by atoms with Crippen molar-refractivity contribution in [1.82, 2.24) is 15.3 Å². The molecule has 28 heavy (non-hydrogen) atoms. The molecule has 0 aliphatic carbocycles. The summed E-state index contributed by atoms with van der Waals surface area (Å²) in [6.45, 7) is 1.70. The zero-order valence-corrected chi connectivity index (χ0v) is 15.1. The Morgan fingerprint density at radius 3 is 2.89 bits per heavy atom. The van der Waals surface area contributed by atoms with Crippen LogP contribution in [0.15, 0.2) is 67.1 Å². The van der Waals surface area contributed by atoms with E-state index >= 15 is 0 Å². The number of halogens is 2. The van der Waals surface area contributed by atoms with Crippen LogP contribution in [-0.2, 0) is 6.54 Å². The molecule has 0 aliphatic heterocycles. The van der Waals surface area contributed by atoms with Crippen molar-refractivity contribution in [3.05, 3.63) is 84.3 Å². The fraction of sp³-hybridized carbons (Fsp3) is 0.136. The van der Waals surface area contributed by atoms with Gasteiger partial charge in [-0.2, -0.15) is 0 Å². The van der Waals surface area contributed by atoms with E-state index in [1.54, 1.807) is 12.3 Å². The van der Waals surface area contributed by atoms with Gasteiger partial charge in [-0.05, 0) is 48.0 Å². The van der Waals surface area contributed by atoms with Gasteiger partial charge in [0.05, 0.1) is 0 Å². The van der Waals surface area contributed by atoms with Crippen molar-refractivity contribution in [3.8, 4) is 16.9 Å². The predicted octanol–water partition coefficient (Wildman–Crippen LogP) is 4.68. The minimum Gasteiger partial charge on any atom is -0.492 e. The Hall–Kier alpha value is -3.25. The number of rotatable bonds is 7. The molecule has 2 aromatic carbocycles. The molecule has 4 nitrogen and oxygen atoms in total. The first-order chi connectivity index (χ1) is 13.7. The van der Waals surface area contributed by atoms with E-state index in [-0.39, 0.29) is 5.56 Å². The highest BCUT2D eigenvalue weighted by Crippen LogP contribution is 2.25. The molecule has 0 spiro atoms. The number of ether oxygens (including phenoxy) is 1. The standard InChI is InChI=1S/C22H19F2N3O/c23-17-4-5-20(24)19(11-17)16-10-15(13-26-14-16)12-25-8-9-28-22-3-1-2-21-18(22)6-7-27-21/h1-7,10-11,13-14,25,27H,8-9,12H2. The van der Waals surface area contributed by atoms with Crippen LogP contribution in [0.5, 0.6) is 5.75 Å². The SMILES string of the molecule is Fc1ccc(F)c(-c2cncc(CNCCOc3cccc4[nH]ccc34)c2)c1. The first-order valence-electron chi connectivity index (χ1n) is 9.00. The van der Waals surface area contributed by atoms with E-state index in [0.29, 0.717) is 25.3 Å². The number of pyridine rings is 1. The lowest BCUT2D eigenvalue weighted by Gasteiger charge is -2.10. The largest absolute Gasteiger partial charge is 0.492 e. The van der Waals surface area contributed by atoms with Crippen molar-refractivity contribution in [3.63, 3.8) is 0 Å². The number of benzene rings is 2. The minimum atomic E-state index is -0.477. The number of hydrogen-bond acceptors (Lipinski definition) is 3. The molecule has 0 amide bonds. The second kappa shape index (κ2) is 8.19. The summed E-state index contributed by atoms with van der Waals surface area (Å²) >= 11 is 0. The van der Waals surface area contributed by atoms with Crippen LogP contribution in [-0.4, -0.2) is 23.1 Å². The van der Waals surface area contributed by atoms with E-state index in [2.05, 4.69) is 15.3 Å². The van der Waals surface area contributed by atoms with E-state index in [0.717, 1.165) is 34.3 Å². The second-order valence-corrected chi connectivity index (χ2v) is 6.43. The van der Waals surface area contributed by atoms with Crippen LogP contribution >= 0.6 is 0 Å². The van der Waals surface area contributed by atoms with Gasteiger partial charge in [0.1, 0.15) is 24.0 Å². The third-order valence-corrected chi connectivity index (χ3v) is 4.45. The third-order valence-electron chi connectivity index (χ3n) is 4.45. The number of aromatic amines is 1. The third kappa shape index (κ3) is 4.02. The Balaban J connectivity index is 1.33. The summed E-state index contributed by atoms with van der Waals surface area (Å²) in [5.41, 5.74) is 2.68. The summed E-state index contributed by atoms with van der Waals surface area (Å²) < 4.78 is 33.2. The summed E-state index contributed by atoms with van der Waals surface area (Å²) in [7, 11) is 0. The fourth-order valence-corrected chi connectivity index (χ4v) is 3.10. The predicted molar refractivity (Wildman–Crippen MR) is 105 cm³/mol. The number of hydrogen-bond donors (Lipinski definition) is 2. The number of nitrogens with zero attached hydrogens (tertiary/aromatic N) is 1. The van der Waals surface area contributed by atoms with Crippen molar-refractivity contribution >= 4 is 10.9 Å². The van der Waals surface area contributed by atoms with E-state index in [1.807, 2.05) is 30.5 Å². The number of fused-ring (bicyclic) bond motifs is 1. The highest BCUT2D eigenvalue weighted by molar-refractivity contribution is 5.85. The Morgan fingerprint density at radius 2 is 1.96 bits per heavy atom. The first kappa shape index (κ1) is 18.1. The molecule has 0 saturated heterocycles. The molecule has 0 radical (unpaired) electrons. The van der Waals surface area contributed by atoms with Crippen LogP contribution in [0.3, 0.4) is 0 Å². The van der Waals surface area contributed by atoms with Crippen LogP contribution in [0.25, 0.3) is 22.0 Å². The van der Waals surface area contributed by atoms with Crippen molar-refractivity contribution in [2.45, 2.75) is 6.54 Å². The second-order valence-electron chi connectivity index (χ2n) is 6.43. The van der Waals surface area contributed by atoms with Gasteiger partial charge in [-0.25, -0.2) is 8.78 Å². The van der Waals surface area contributed by atoms with Crippen LogP contribution in [0.1, 0.15) is 5.56 Å². The summed E-state index contributed by atoms with van der Waals surface area (Å²) in [5, 5.41) is 4.33. The normalized spacial score (nSPS) is 11.1. The lowest BCUT2D eigenvalue weighted by Crippen LogP contribution is -2.20. The molecule has 2 aromatic heterocycles.